The largest absolute Gasteiger partial charge is 0.394 e. The first-order valence-corrected chi connectivity index (χ1v) is 15.8. The molecule has 0 aromatic carbocycles. The Balaban J connectivity index is 1.65. The monoisotopic (exact) mass is 592 g/mol. The number of aliphatic hydroxyl groups excluding tert-OH is 7. The maximum atomic E-state index is 12.6. The second-order valence-corrected chi connectivity index (χ2v) is 11.8. The molecule has 11 heteroatoms. The van der Waals surface area contributed by atoms with Crippen molar-refractivity contribution in [3.63, 3.8) is 0 Å². The first kappa shape index (κ1) is 36.5. The molecule has 2 aliphatic heterocycles. The van der Waals surface area contributed by atoms with Gasteiger partial charge in [0.25, 0.3) is 0 Å². The van der Waals surface area contributed by atoms with Crippen molar-refractivity contribution in [1.82, 2.24) is 0 Å². The van der Waals surface area contributed by atoms with Gasteiger partial charge in [-0.15, -0.1) is 0 Å². The number of ketones is 1. The van der Waals surface area contributed by atoms with E-state index in [1.165, 1.54) is 64.2 Å². The minimum absolute atomic E-state index is 0.106. The number of hydrogen-bond donors (Lipinski definition) is 7. The van der Waals surface area contributed by atoms with Crippen LogP contribution < -0.4 is 0 Å². The molecule has 2 fully saturated rings. The van der Waals surface area contributed by atoms with E-state index >= 15 is 0 Å². The van der Waals surface area contributed by atoms with E-state index < -0.39 is 74.4 Å². The van der Waals surface area contributed by atoms with Crippen LogP contribution in [-0.2, 0) is 19.0 Å². The molecule has 0 spiro atoms. The Bertz CT molecular complexity index is 691. The molecule has 7 N–H and O–H groups in total. The van der Waals surface area contributed by atoms with Gasteiger partial charge in [-0.2, -0.15) is 0 Å². The van der Waals surface area contributed by atoms with Crippen LogP contribution in [-0.4, -0.2) is 116 Å². The maximum Gasteiger partial charge on any atom is 0.187 e. The molecule has 2 saturated heterocycles. The predicted molar refractivity (Wildman–Crippen MR) is 151 cm³/mol. The summed E-state index contributed by atoms with van der Waals surface area (Å²) in [4.78, 5) is 12.6. The molecule has 0 radical (unpaired) electrons. The summed E-state index contributed by atoms with van der Waals surface area (Å²) in [5.74, 6) is -0.106. The van der Waals surface area contributed by atoms with Gasteiger partial charge in [-0.3, -0.25) is 4.79 Å². The molecular weight excluding hydrogens is 536 g/mol. The number of carbonyl (C=O) groups excluding carboxylic acids is 1. The van der Waals surface area contributed by atoms with Crippen LogP contribution in [0.2, 0.25) is 0 Å². The van der Waals surface area contributed by atoms with Crippen LogP contribution in [0.4, 0.5) is 0 Å². The second kappa shape index (κ2) is 20.3. The van der Waals surface area contributed by atoms with E-state index in [4.69, 9.17) is 14.2 Å². The Labute approximate surface area is 244 Å². The number of hydrogen-bond acceptors (Lipinski definition) is 11. The van der Waals surface area contributed by atoms with E-state index in [2.05, 4.69) is 6.92 Å². The van der Waals surface area contributed by atoms with Crippen molar-refractivity contribution in [3.05, 3.63) is 0 Å². The Morgan fingerprint density at radius 1 is 0.585 bits per heavy atom. The van der Waals surface area contributed by atoms with Crippen LogP contribution in [0.25, 0.3) is 0 Å². The van der Waals surface area contributed by atoms with Gasteiger partial charge in [0.2, 0.25) is 0 Å². The summed E-state index contributed by atoms with van der Waals surface area (Å²) < 4.78 is 16.6. The van der Waals surface area contributed by atoms with Crippen molar-refractivity contribution in [2.24, 2.45) is 0 Å². The van der Waals surface area contributed by atoms with E-state index in [-0.39, 0.29) is 12.2 Å². The fourth-order valence-corrected chi connectivity index (χ4v) is 5.68. The average molecular weight is 593 g/mol. The maximum absolute atomic E-state index is 12.6. The summed E-state index contributed by atoms with van der Waals surface area (Å²) in [6, 6.07) is 0. The third-order valence-electron chi connectivity index (χ3n) is 8.34. The highest BCUT2D eigenvalue weighted by Crippen LogP contribution is 2.30. The molecule has 0 saturated carbocycles. The van der Waals surface area contributed by atoms with Crippen LogP contribution in [0.5, 0.6) is 0 Å². The molecule has 0 bridgehead atoms. The van der Waals surface area contributed by atoms with Crippen molar-refractivity contribution in [1.29, 1.82) is 0 Å². The third kappa shape index (κ3) is 12.1. The average Bonchev–Trinajstić information content (AvgIpc) is 2.97. The fraction of sp³-hybridized carbons (Fsp3) is 0.967. The Morgan fingerprint density at radius 3 is 1.59 bits per heavy atom. The Hall–Kier alpha value is -0.730. The molecule has 41 heavy (non-hydrogen) atoms. The topological polar surface area (TPSA) is 186 Å². The Morgan fingerprint density at radius 2 is 1.07 bits per heavy atom. The highest BCUT2D eigenvalue weighted by atomic mass is 16.7. The molecule has 0 aromatic heterocycles. The van der Waals surface area contributed by atoms with Crippen molar-refractivity contribution < 1.29 is 54.8 Å². The van der Waals surface area contributed by atoms with E-state index in [0.29, 0.717) is 6.42 Å². The van der Waals surface area contributed by atoms with Gasteiger partial charge in [0.1, 0.15) is 54.6 Å². The molecule has 0 aromatic rings. The summed E-state index contributed by atoms with van der Waals surface area (Å²) in [5.41, 5.74) is 0. The van der Waals surface area contributed by atoms with Gasteiger partial charge in [0.15, 0.2) is 6.29 Å². The van der Waals surface area contributed by atoms with E-state index in [1.807, 2.05) is 0 Å². The first-order valence-electron chi connectivity index (χ1n) is 15.8. The van der Waals surface area contributed by atoms with E-state index in [0.717, 1.165) is 25.7 Å². The smallest absolute Gasteiger partial charge is 0.187 e. The fourth-order valence-electron chi connectivity index (χ4n) is 5.68. The lowest BCUT2D eigenvalue weighted by atomic mass is 9.91. The van der Waals surface area contributed by atoms with E-state index in [9.17, 15) is 40.5 Å². The third-order valence-corrected chi connectivity index (χ3v) is 8.34. The van der Waals surface area contributed by atoms with E-state index in [1.54, 1.807) is 0 Å². The van der Waals surface area contributed by atoms with Gasteiger partial charge in [0.05, 0.1) is 19.3 Å². The zero-order valence-corrected chi connectivity index (χ0v) is 24.8. The number of Topliss-reactive ketones (excluding diaryl/α,β-unsaturated/α-hetero) is 1. The van der Waals surface area contributed by atoms with Crippen molar-refractivity contribution in [2.75, 3.05) is 13.2 Å². The summed E-state index contributed by atoms with van der Waals surface area (Å²) in [7, 11) is 0. The normalized spacial score (nSPS) is 34.1. The van der Waals surface area contributed by atoms with Gasteiger partial charge >= 0.3 is 0 Å². The van der Waals surface area contributed by atoms with Crippen LogP contribution in [0.3, 0.4) is 0 Å². The van der Waals surface area contributed by atoms with Crippen molar-refractivity contribution in [3.8, 4) is 0 Å². The highest BCUT2D eigenvalue weighted by Gasteiger charge is 2.50. The van der Waals surface area contributed by atoms with Gasteiger partial charge in [0, 0.05) is 12.8 Å². The summed E-state index contributed by atoms with van der Waals surface area (Å²) in [5, 5.41) is 70.7. The quantitative estimate of drug-likeness (QED) is 0.0957. The highest BCUT2D eigenvalue weighted by molar-refractivity contribution is 5.78. The van der Waals surface area contributed by atoms with Gasteiger partial charge < -0.3 is 50.0 Å². The summed E-state index contributed by atoms with van der Waals surface area (Å²) in [6.07, 6.45) is 2.86. The van der Waals surface area contributed by atoms with Crippen molar-refractivity contribution in [2.45, 2.75) is 171 Å². The molecule has 2 rings (SSSR count). The molecule has 2 heterocycles. The molecule has 2 aliphatic rings. The minimum atomic E-state index is -1.72. The number of rotatable bonds is 21. The first-order chi connectivity index (χ1) is 19.7. The van der Waals surface area contributed by atoms with Crippen LogP contribution in [0, 0.1) is 0 Å². The zero-order valence-electron chi connectivity index (χ0n) is 24.8. The standard InChI is InChI=1S/C30H56O11/c1-2-3-4-5-6-7-8-9-10-11-12-13-14-15-16-20(33)17-21-24(34)27(37)29(23(19-32)39-21)41-30-28(38)26(36)25(35)22(18-31)40-30/h21-32,34-38H,2-19H2,1H3/t21-,22+,23+,24-,25+,26-,27+,28+,29+,30-/m0/s1. The molecule has 0 aliphatic carbocycles. The van der Waals surface area contributed by atoms with Gasteiger partial charge in [-0.25, -0.2) is 0 Å². The molecule has 11 nitrogen and oxygen atoms in total. The number of unbranched alkanes of at least 4 members (excludes halogenated alkanes) is 13. The number of aliphatic hydroxyl groups is 7. The SMILES string of the molecule is CCCCCCCCCCCCCCCCC(=O)C[C@@H]1O[C@H](CO)[C@@H](O[C@@H]2O[C@H](CO)[C@@H](O)[C@H](O)[C@H]2O)[C@H](O)[C@H]1O. The number of carbonyl (C=O) groups is 1. The lowest BCUT2D eigenvalue weighted by Crippen LogP contribution is -2.64. The number of ether oxygens (including phenoxy) is 3. The summed E-state index contributed by atoms with van der Waals surface area (Å²) in [6.45, 7) is 0.961. The molecule has 0 amide bonds. The molecule has 242 valence electrons. The zero-order chi connectivity index (χ0) is 30.2. The second-order valence-electron chi connectivity index (χ2n) is 11.8. The molecular formula is C30H56O11. The minimum Gasteiger partial charge on any atom is -0.394 e. The van der Waals surface area contributed by atoms with Crippen LogP contribution >= 0.6 is 0 Å². The van der Waals surface area contributed by atoms with Gasteiger partial charge in [-0.05, 0) is 6.42 Å². The lowest BCUT2D eigenvalue weighted by molar-refractivity contribution is -0.341. The van der Waals surface area contributed by atoms with Crippen LogP contribution in [0.15, 0.2) is 0 Å². The van der Waals surface area contributed by atoms with Gasteiger partial charge in [-0.1, -0.05) is 90.4 Å². The van der Waals surface area contributed by atoms with Crippen molar-refractivity contribution >= 4 is 5.78 Å². The lowest BCUT2D eigenvalue weighted by Gasteiger charge is -2.46. The molecule has 0 unspecified atom stereocenters. The molecule has 10 atom stereocenters. The summed E-state index contributed by atoms with van der Waals surface area (Å²) >= 11 is 0. The predicted octanol–water partition coefficient (Wildman–Crippen LogP) is 1.48. The Kier molecular flexibility index (Phi) is 18.0. The van der Waals surface area contributed by atoms with Crippen LogP contribution in [0.1, 0.15) is 110 Å².